The summed E-state index contributed by atoms with van der Waals surface area (Å²) >= 11 is 1.51. The molecular weight excluding hydrogens is 286 g/mol. The molecule has 0 fully saturated rings. The van der Waals surface area contributed by atoms with Gasteiger partial charge in [-0.05, 0) is 12.5 Å². The van der Waals surface area contributed by atoms with E-state index in [1.54, 1.807) is 13.1 Å². The first kappa shape index (κ1) is 13.8. The van der Waals surface area contributed by atoms with Gasteiger partial charge in [-0.3, -0.25) is 4.79 Å². The van der Waals surface area contributed by atoms with Crippen LogP contribution in [0.25, 0.3) is 0 Å². The maximum atomic E-state index is 12.3. The summed E-state index contributed by atoms with van der Waals surface area (Å²) in [5.74, 6) is -0.174. The minimum Gasteiger partial charge on any atom is -0.379 e. The van der Waals surface area contributed by atoms with Gasteiger partial charge in [-0.2, -0.15) is 0 Å². The first-order chi connectivity index (χ1) is 10.2. The Morgan fingerprint density at radius 1 is 1.43 bits per heavy atom. The Morgan fingerprint density at radius 2 is 2.24 bits per heavy atom. The van der Waals surface area contributed by atoms with Crippen LogP contribution in [0.1, 0.15) is 23.9 Å². The summed E-state index contributed by atoms with van der Waals surface area (Å²) < 4.78 is 0. The van der Waals surface area contributed by atoms with E-state index in [2.05, 4.69) is 15.5 Å². The van der Waals surface area contributed by atoms with Crippen LogP contribution in [0.2, 0.25) is 0 Å². The van der Waals surface area contributed by atoms with Crippen LogP contribution in [0.4, 0.5) is 0 Å². The first-order valence-corrected chi connectivity index (χ1v) is 7.52. The van der Waals surface area contributed by atoms with Gasteiger partial charge in [-0.25, -0.2) is 4.98 Å². The second-order valence-electron chi connectivity index (χ2n) is 5.01. The van der Waals surface area contributed by atoms with Gasteiger partial charge in [-0.15, -0.1) is 11.3 Å². The van der Waals surface area contributed by atoms with Gasteiger partial charge in [0.05, 0.1) is 12.3 Å². The number of nitrogens with one attached hydrogen (secondary N) is 1. The molecule has 1 aliphatic heterocycles. The molecular formula is C15H15N3O2S. The van der Waals surface area contributed by atoms with E-state index >= 15 is 0 Å². The second-order valence-corrected chi connectivity index (χ2v) is 5.99. The smallest absolute Gasteiger partial charge is 0.267 e. The summed E-state index contributed by atoms with van der Waals surface area (Å²) in [6, 6.07) is 9.74. The quantitative estimate of drug-likeness (QED) is 0.942. The molecule has 1 N–H and O–H groups in total. The molecule has 0 saturated heterocycles. The molecule has 21 heavy (non-hydrogen) atoms. The number of amides is 1. The third kappa shape index (κ3) is 2.95. The highest BCUT2D eigenvalue weighted by atomic mass is 32.1. The molecule has 0 bridgehead atoms. The van der Waals surface area contributed by atoms with Crippen LogP contribution < -0.4 is 5.32 Å². The van der Waals surface area contributed by atoms with Crippen molar-refractivity contribution in [2.75, 3.05) is 0 Å². The minimum atomic E-state index is -0.956. The van der Waals surface area contributed by atoms with Crippen LogP contribution in [-0.2, 0) is 16.2 Å². The van der Waals surface area contributed by atoms with E-state index in [4.69, 9.17) is 4.84 Å². The molecule has 0 aliphatic carbocycles. The molecule has 1 aromatic heterocycles. The number of thiazole rings is 1. The molecule has 2 aromatic rings. The van der Waals surface area contributed by atoms with Crippen LogP contribution in [0, 0.1) is 0 Å². The fourth-order valence-electron chi connectivity index (χ4n) is 2.13. The lowest BCUT2D eigenvalue weighted by molar-refractivity contribution is -0.141. The number of rotatable bonds is 4. The zero-order chi connectivity index (χ0) is 14.7. The largest absolute Gasteiger partial charge is 0.379 e. The SMILES string of the molecule is CC1(C(=O)NCc2nccs2)CC(c2ccccc2)=NO1. The normalized spacial score (nSPS) is 20.7. The van der Waals surface area contributed by atoms with Crippen LogP contribution >= 0.6 is 11.3 Å². The summed E-state index contributed by atoms with van der Waals surface area (Å²) in [7, 11) is 0. The number of aromatic nitrogens is 1. The van der Waals surface area contributed by atoms with Crippen molar-refractivity contribution in [2.45, 2.75) is 25.5 Å². The van der Waals surface area contributed by atoms with Gasteiger partial charge >= 0.3 is 0 Å². The average Bonchev–Trinajstić information content (AvgIpc) is 3.16. The van der Waals surface area contributed by atoms with Crippen LogP contribution in [0.15, 0.2) is 47.1 Å². The Kier molecular flexibility index (Phi) is 3.70. The molecule has 6 heteroatoms. The lowest BCUT2D eigenvalue weighted by Crippen LogP contribution is -2.44. The molecule has 1 amide bonds. The number of nitrogens with zero attached hydrogens (tertiary/aromatic N) is 2. The molecule has 2 heterocycles. The van der Waals surface area contributed by atoms with E-state index in [0.717, 1.165) is 16.3 Å². The topological polar surface area (TPSA) is 63.6 Å². The Bertz CT molecular complexity index is 655. The fourth-order valence-corrected chi connectivity index (χ4v) is 2.69. The lowest BCUT2D eigenvalue weighted by atomic mass is 9.95. The minimum absolute atomic E-state index is 0.174. The first-order valence-electron chi connectivity index (χ1n) is 6.64. The summed E-state index contributed by atoms with van der Waals surface area (Å²) in [4.78, 5) is 21.8. The zero-order valence-corrected chi connectivity index (χ0v) is 12.4. The standard InChI is InChI=1S/C15H15N3O2S/c1-15(14(19)17-10-13-16-7-8-21-13)9-12(18-20-15)11-5-3-2-4-6-11/h2-8H,9-10H2,1H3,(H,17,19). The second kappa shape index (κ2) is 5.65. The van der Waals surface area contributed by atoms with Crippen molar-refractivity contribution in [1.82, 2.24) is 10.3 Å². The highest BCUT2D eigenvalue weighted by Crippen LogP contribution is 2.26. The highest BCUT2D eigenvalue weighted by molar-refractivity contribution is 7.09. The molecule has 1 atom stereocenters. The molecule has 1 unspecified atom stereocenters. The van der Waals surface area contributed by atoms with Crippen LogP contribution in [0.5, 0.6) is 0 Å². The van der Waals surface area contributed by atoms with E-state index in [-0.39, 0.29) is 5.91 Å². The van der Waals surface area contributed by atoms with Gasteiger partial charge in [-0.1, -0.05) is 35.5 Å². The van der Waals surface area contributed by atoms with Gasteiger partial charge < -0.3 is 10.2 Å². The van der Waals surface area contributed by atoms with Crippen molar-refractivity contribution in [3.05, 3.63) is 52.5 Å². The van der Waals surface area contributed by atoms with Crippen molar-refractivity contribution >= 4 is 23.0 Å². The number of carbonyl (C=O) groups excluding carboxylic acids is 1. The fraction of sp³-hybridized carbons (Fsp3) is 0.267. The van der Waals surface area contributed by atoms with Crippen LogP contribution in [-0.4, -0.2) is 22.2 Å². The zero-order valence-electron chi connectivity index (χ0n) is 11.6. The Morgan fingerprint density at radius 3 is 2.95 bits per heavy atom. The molecule has 0 spiro atoms. The Hall–Kier alpha value is -2.21. The number of carbonyl (C=O) groups is 1. The molecule has 0 radical (unpaired) electrons. The van der Waals surface area contributed by atoms with E-state index in [9.17, 15) is 4.79 Å². The van der Waals surface area contributed by atoms with Crippen molar-refractivity contribution in [3.63, 3.8) is 0 Å². The maximum Gasteiger partial charge on any atom is 0.267 e. The molecule has 3 rings (SSSR count). The number of hydrogen-bond acceptors (Lipinski definition) is 5. The van der Waals surface area contributed by atoms with Gasteiger partial charge in [0.1, 0.15) is 5.01 Å². The van der Waals surface area contributed by atoms with E-state index < -0.39 is 5.60 Å². The summed E-state index contributed by atoms with van der Waals surface area (Å²) in [6.45, 7) is 2.17. The maximum absolute atomic E-state index is 12.3. The number of oxime groups is 1. The van der Waals surface area contributed by atoms with Gasteiger partial charge in [0.25, 0.3) is 5.91 Å². The monoisotopic (exact) mass is 301 g/mol. The Balaban J connectivity index is 1.63. The lowest BCUT2D eigenvalue weighted by Gasteiger charge is -2.19. The van der Waals surface area contributed by atoms with Crippen LogP contribution in [0.3, 0.4) is 0 Å². The molecule has 1 aromatic carbocycles. The predicted molar refractivity (Wildman–Crippen MR) is 81.0 cm³/mol. The number of hydrogen-bond donors (Lipinski definition) is 1. The summed E-state index contributed by atoms with van der Waals surface area (Å²) in [6.07, 6.45) is 2.18. The van der Waals surface area contributed by atoms with Crippen molar-refractivity contribution in [2.24, 2.45) is 5.16 Å². The third-order valence-corrected chi connectivity index (χ3v) is 4.11. The third-order valence-electron chi connectivity index (χ3n) is 3.33. The van der Waals surface area contributed by atoms with Crippen molar-refractivity contribution < 1.29 is 9.63 Å². The van der Waals surface area contributed by atoms with Gasteiger partial charge in [0.15, 0.2) is 0 Å². The van der Waals surface area contributed by atoms with E-state index in [1.807, 2.05) is 35.7 Å². The summed E-state index contributed by atoms with van der Waals surface area (Å²) in [5.41, 5.74) is 0.819. The number of benzene rings is 1. The van der Waals surface area contributed by atoms with Gasteiger partial charge in [0.2, 0.25) is 5.60 Å². The van der Waals surface area contributed by atoms with Gasteiger partial charge in [0, 0.05) is 18.0 Å². The average molecular weight is 301 g/mol. The Labute approximate surface area is 126 Å². The van der Waals surface area contributed by atoms with E-state index in [0.29, 0.717) is 13.0 Å². The molecule has 108 valence electrons. The molecule has 1 aliphatic rings. The molecule has 0 saturated carbocycles. The highest BCUT2D eigenvalue weighted by Gasteiger charge is 2.42. The van der Waals surface area contributed by atoms with E-state index in [1.165, 1.54) is 11.3 Å². The summed E-state index contributed by atoms with van der Waals surface area (Å²) in [5, 5.41) is 9.67. The van der Waals surface area contributed by atoms with Crippen molar-refractivity contribution in [1.29, 1.82) is 0 Å². The predicted octanol–water partition coefficient (Wildman–Crippen LogP) is 2.34. The molecule has 5 nitrogen and oxygen atoms in total. The van der Waals surface area contributed by atoms with Crippen molar-refractivity contribution in [3.8, 4) is 0 Å².